The van der Waals surface area contributed by atoms with Crippen molar-refractivity contribution in [2.24, 2.45) is 0 Å². The largest absolute Gasteiger partial charge is 0.311 e. The first-order valence-corrected chi connectivity index (χ1v) is 23.6. The lowest BCUT2D eigenvalue weighted by Gasteiger charge is -2.26. The molecule has 0 aliphatic heterocycles. The molecule has 0 N–H and O–H groups in total. The zero-order valence-electron chi connectivity index (χ0n) is 38.3. The van der Waals surface area contributed by atoms with E-state index in [9.17, 15) is 0 Å². The SMILES string of the molecule is CC1(C)c2ccccc2-c2ccc(-c3ccc(N(c4ccc(-c5cccc(-c6ccc7ccccc7c6)c5)cc4)c4ccc(-c5cc(-c6ccccc6)cc(-c6ccccc6)c5)cc4)cc3)cc21. The first-order chi connectivity index (χ1) is 33.4. The third-order valence-electron chi connectivity index (χ3n) is 14.1. The summed E-state index contributed by atoms with van der Waals surface area (Å²) in [5, 5.41) is 2.51. The molecule has 1 nitrogen and oxygen atoms in total. The highest BCUT2D eigenvalue weighted by Crippen LogP contribution is 2.50. The fraction of sp³-hybridized carbons (Fsp3) is 0.0448. The van der Waals surface area contributed by atoms with Crippen LogP contribution in [0.1, 0.15) is 25.0 Å². The lowest BCUT2D eigenvalue weighted by atomic mass is 9.81. The molecule has 0 unspecified atom stereocenters. The van der Waals surface area contributed by atoms with Gasteiger partial charge in [0.05, 0.1) is 0 Å². The Morgan fingerprint density at radius 1 is 0.235 bits per heavy atom. The number of hydrogen-bond donors (Lipinski definition) is 0. The Balaban J connectivity index is 0.909. The molecule has 322 valence electrons. The summed E-state index contributed by atoms with van der Waals surface area (Å²) in [6.07, 6.45) is 0. The molecular formula is C67H49N. The maximum absolute atomic E-state index is 2.41. The zero-order valence-corrected chi connectivity index (χ0v) is 38.3. The Hall–Kier alpha value is -8.52. The Labute approximate surface area is 399 Å². The van der Waals surface area contributed by atoms with Crippen LogP contribution in [-0.4, -0.2) is 0 Å². The predicted octanol–water partition coefficient (Wildman–Crippen LogP) is 18.6. The Morgan fingerprint density at radius 2 is 0.603 bits per heavy atom. The van der Waals surface area contributed by atoms with Crippen molar-refractivity contribution >= 4 is 27.8 Å². The Morgan fingerprint density at radius 3 is 1.18 bits per heavy atom. The van der Waals surface area contributed by atoms with Crippen LogP contribution in [0.15, 0.2) is 261 Å². The standard InChI is InChI=1S/C67H49N/c1-67(2)65-23-12-11-22-63(65)64-39-32-56(45-66(64)67)50-28-35-61(36-29-50)68(60-33-26-49(27-34-60)53-20-13-21-54(40-53)55-25-24-48-18-9-10-19-52(48)41-55)62-37-30-51(31-38-62)59-43-57(46-14-5-3-6-15-46)42-58(44-59)47-16-7-4-8-17-47/h3-45H,1-2H3. The van der Waals surface area contributed by atoms with E-state index in [1.54, 1.807) is 0 Å². The predicted molar refractivity (Wildman–Crippen MR) is 289 cm³/mol. The molecule has 12 rings (SSSR count). The van der Waals surface area contributed by atoms with E-state index in [1.165, 1.54) is 99.8 Å². The lowest BCUT2D eigenvalue weighted by Crippen LogP contribution is -2.14. The van der Waals surface area contributed by atoms with Gasteiger partial charge in [0.1, 0.15) is 0 Å². The van der Waals surface area contributed by atoms with Crippen LogP contribution in [-0.2, 0) is 5.41 Å². The number of rotatable bonds is 9. The van der Waals surface area contributed by atoms with Gasteiger partial charge >= 0.3 is 0 Å². The van der Waals surface area contributed by atoms with Crippen molar-refractivity contribution in [2.45, 2.75) is 19.3 Å². The van der Waals surface area contributed by atoms with Crippen molar-refractivity contribution in [3.8, 4) is 77.9 Å². The minimum atomic E-state index is -0.0548. The topological polar surface area (TPSA) is 3.24 Å². The smallest absolute Gasteiger partial charge is 0.0462 e. The minimum absolute atomic E-state index is 0.0548. The van der Waals surface area contributed by atoms with E-state index in [1.807, 2.05) is 0 Å². The fourth-order valence-corrected chi connectivity index (χ4v) is 10.4. The summed E-state index contributed by atoms with van der Waals surface area (Å²) in [5.41, 5.74) is 23.1. The average Bonchev–Trinajstić information content (AvgIpc) is 3.64. The maximum Gasteiger partial charge on any atom is 0.0462 e. The number of benzene rings is 11. The molecule has 0 heterocycles. The van der Waals surface area contributed by atoms with Gasteiger partial charge in [-0.05, 0) is 173 Å². The molecule has 0 saturated heterocycles. The summed E-state index contributed by atoms with van der Waals surface area (Å²) >= 11 is 0. The van der Waals surface area contributed by atoms with Crippen LogP contribution in [0.4, 0.5) is 17.1 Å². The molecule has 0 saturated carbocycles. The average molecular weight is 868 g/mol. The van der Waals surface area contributed by atoms with Crippen molar-refractivity contribution in [1.29, 1.82) is 0 Å². The molecule has 1 aliphatic rings. The Bertz CT molecular complexity index is 3550. The van der Waals surface area contributed by atoms with E-state index in [0.717, 1.165) is 17.1 Å². The van der Waals surface area contributed by atoms with Crippen LogP contribution in [0.3, 0.4) is 0 Å². The van der Waals surface area contributed by atoms with Gasteiger partial charge in [0.25, 0.3) is 0 Å². The van der Waals surface area contributed by atoms with E-state index < -0.39 is 0 Å². The number of hydrogen-bond acceptors (Lipinski definition) is 1. The maximum atomic E-state index is 2.41. The van der Waals surface area contributed by atoms with E-state index in [2.05, 4.69) is 280 Å². The van der Waals surface area contributed by atoms with Crippen LogP contribution in [0.5, 0.6) is 0 Å². The minimum Gasteiger partial charge on any atom is -0.311 e. The normalized spacial score (nSPS) is 12.4. The highest BCUT2D eigenvalue weighted by molar-refractivity contribution is 5.89. The molecule has 0 spiro atoms. The van der Waals surface area contributed by atoms with Crippen LogP contribution >= 0.6 is 0 Å². The number of nitrogens with zero attached hydrogens (tertiary/aromatic N) is 1. The molecule has 0 atom stereocenters. The van der Waals surface area contributed by atoms with Crippen LogP contribution in [0, 0.1) is 0 Å². The third kappa shape index (κ3) is 7.59. The molecule has 0 fully saturated rings. The van der Waals surface area contributed by atoms with Gasteiger partial charge in [-0.25, -0.2) is 0 Å². The molecule has 0 bridgehead atoms. The van der Waals surface area contributed by atoms with E-state index >= 15 is 0 Å². The molecule has 1 heteroatoms. The molecule has 0 aromatic heterocycles. The summed E-state index contributed by atoms with van der Waals surface area (Å²) in [6, 6.07) is 95.6. The summed E-state index contributed by atoms with van der Waals surface area (Å²) < 4.78 is 0. The first kappa shape index (κ1) is 40.9. The van der Waals surface area contributed by atoms with Crippen LogP contribution in [0.25, 0.3) is 88.7 Å². The van der Waals surface area contributed by atoms with Gasteiger partial charge in [0, 0.05) is 22.5 Å². The van der Waals surface area contributed by atoms with E-state index in [-0.39, 0.29) is 5.41 Å². The molecule has 1 aliphatic carbocycles. The quantitative estimate of drug-likeness (QED) is 0.140. The van der Waals surface area contributed by atoms with Gasteiger partial charge in [-0.3, -0.25) is 0 Å². The van der Waals surface area contributed by atoms with Gasteiger partial charge in [-0.15, -0.1) is 0 Å². The monoisotopic (exact) mass is 867 g/mol. The summed E-state index contributed by atoms with van der Waals surface area (Å²) in [6.45, 7) is 4.70. The van der Waals surface area contributed by atoms with Crippen molar-refractivity contribution in [3.05, 3.63) is 272 Å². The van der Waals surface area contributed by atoms with Gasteiger partial charge < -0.3 is 4.90 Å². The van der Waals surface area contributed by atoms with Crippen LogP contribution in [0.2, 0.25) is 0 Å². The fourth-order valence-electron chi connectivity index (χ4n) is 10.4. The van der Waals surface area contributed by atoms with Crippen molar-refractivity contribution in [2.75, 3.05) is 4.90 Å². The third-order valence-corrected chi connectivity index (χ3v) is 14.1. The van der Waals surface area contributed by atoms with Gasteiger partial charge in [0.2, 0.25) is 0 Å². The summed E-state index contributed by atoms with van der Waals surface area (Å²) in [5.74, 6) is 0. The zero-order chi connectivity index (χ0) is 45.6. The molecule has 11 aromatic rings. The number of fused-ring (bicyclic) bond motifs is 4. The highest BCUT2D eigenvalue weighted by atomic mass is 15.1. The second-order valence-corrected chi connectivity index (χ2v) is 18.6. The van der Waals surface area contributed by atoms with Crippen molar-refractivity contribution in [1.82, 2.24) is 0 Å². The molecule has 11 aromatic carbocycles. The van der Waals surface area contributed by atoms with Gasteiger partial charge in [-0.1, -0.05) is 202 Å². The van der Waals surface area contributed by atoms with Crippen molar-refractivity contribution in [3.63, 3.8) is 0 Å². The van der Waals surface area contributed by atoms with E-state index in [0.29, 0.717) is 0 Å². The number of anilines is 3. The molecular weight excluding hydrogens is 819 g/mol. The Kier molecular flexibility index (Phi) is 10.3. The van der Waals surface area contributed by atoms with Gasteiger partial charge in [0.15, 0.2) is 0 Å². The second kappa shape index (κ2) is 17.0. The van der Waals surface area contributed by atoms with Gasteiger partial charge in [-0.2, -0.15) is 0 Å². The molecule has 0 radical (unpaired) electrons. The summed E-state index contributed by atoms with van der Waals surface area (Å²) in [4.78, 5) is 2.38. The highest BCUT2D eigenvalue weighted by Gasteiger charge is 2.35. The van der Waals surface area contributed by atoms with Crippen molar-refractivity contribution < 1.29 is 0 Å². The molecule has 0 amide bonds. The van der Waals surface area contributed by atoms with Crippen LogP contribution < -0.4 is 4.90 Å². The lowest BCUT2D eigenvalue weighted by molar-refractivity contribution is 0.660. The second-order valence-electron chi connectivity index (χ2n) is 18.6. The summed E-state index contributed by atoms with van der Waals surface area (Å²) in [7, 11) is 0. The van der Waals surface area contributed by atoms with E-state index in [4.69, 9.17) is 0 Å². The molecule has 68 heavy (non-hydrogen) atoms. The first-order valence-electron chi connectivity index (χ1n) is 23.6.